The molecule has 1 N–H and O–H groups in total. The van der Waals surface area contributed by atoms with E-state index in [1.807, 2.05) is 11.0 Å². The van der Waals surface area contributed by atoms with Gasteiger partial charge in [-0.1, -0.05) is 5.21 Å². The van der Waals surface area contributed by atoms with Gasteiger partial charge in [0.05, 0.1) is 11.4 Å². The third-order valence-electron chi connectivity index (χ3n) is 6.06. The molecule has 0 spiro atoms. The van der Waals surface area contributed by atoms with Crippen LogP contribution < -0.4 is 19.7 Å². The van der Waals surface area contributed by atoms with Crippen molar-refractivity contribution in [3.8, 4) is 17.3 Å². The van der Waals surface area contributed by atoms with Crippen LogP contribution >= 0.6 is 0 Å². The summed E-state index contributed by atoms with van der Waals surface area (Å²) in [5.74, 6) is 1.12. The maximum atomic E-state index is 12.4. The molecular weight excluding hydrogens is 462 g/mol. The molecule has 184 valence electrons. The smallest absolute Gasteiger partial charge is 0.387 e. The van der Waals surface area contributed by atoms with Gasteiger partial charge in [-0.2, -0.15) is 8.78 Å². The Bertz CT molecular complexity index is 1170. The Labute approximate surface area is 199 Å². The Morgan fingerprint density at radius 1 is 1.09 bits per heavy atom. The van der Waals surface area contributed by atoms with Crippen LogP contribution in [0.4, 0.5) is 14.6 Å². The Kier molecular flexibility index (Phi) is 6.40. The number of fused-ring (bicyclic) bond motifs is 1. The van der Waals surface area contributed by atoms with E-state index < -0.39 is 6.61 Å². The monoisotopic (exact) mass is 486 g/mol. The average molecular weight is 486 g/mol. The number of hydrogen-bond donors (Lipinski definition) is 1. The van der Waals surface area contributed by atoms with Gasteiger partial charge in [0.1, 0.15) is 24.1 Å². The van der Waals surface area contributed by atoms with Gasteiger partial charge in [-0.15, -0.1) is 15.3 Å². The summed E-state index contributed by atoms with van der Waals surface area (Å²) in [6, 6.07) is 9.46. The summed E-state index contributed by atoms with van der Waals surface area (Å²) < 4.78 is 36.6. The number of carbonyl (C=O) groups is 1. The normalized spacial score (nSPS) is 18.3. The molecule has 11 nitrogen and oxygen atoms in total. The van der Waals surface area contributed by atoms with Crippen LogP contribution in [0.25, 0.3) is 5.69 Å². The van der Waals surface area contributed by atoms with Gasteiger partial charge in [0, 0.05) is 38.8 Å². The summed E-state index contributed by atoms with van der Waals surface area (Å²) in [5, 5.41) is 19.6. The van der Waals surface area contributed by atoms with E-state index in [0.717, 1.165) is 19.6 Å². The highest BCUT2D eigenvalue weighted by Crippen LogP contribution is 2.22. The number of halogens is 2. The Hall–Kier alpha value is -3.87. The minimum atomic E-state index is -2.89. The fourth-order valence-electron chi connectivity index (χ4n) is 4.21. The molecule has 2 saturated heterocycles. The van der Waals surface area contributed by atoms with Crippen molar-refractivity contribution in [1.82, 2.24) is 35.4 Å². The highest BCUT2D eigenvalue weighted by molar-refractivity contribution is 5.83. The summed E-state index contributed by atoms with van der Waals surface area (Å²) in [6.07, 6.45) is 0. The number of carbonyl (C=O) groups excluding carboxylic acids is 1. The Balaban J connectivity index is 1.23. The first-order valence-corrected chi connectivity index (χ1v) is 11.2. The molecule has 0 radical (unpaired) electrons. The molecule has 1 aromatic carbocycles. The van der Waals surface area contributed by atoms with Crippen molar-refractivity contribution in [3.05, 3.63) is 47.8 Å². The van der Waals surface area contributed by atoms with Gasteiger partial charge in [0.15, 0.2) is 5.82 Å². The number of benzene rings is 1. The molecule has 5 rings (SSSR count). The zero-order valence-electron chi connectivity index (χ0n) is 19.0. The second-order valence-electron chi connectivity index (χ2n) is 8.21. The summed E-state index contributed by atoms with van der Waals surface area (Å²) in [5.41, 5.74) is 1.96. The molecule has 1 atom stereocenters. The van der Waals surface area contributed by atoms with Crippen LogP contribution in [-0.4, -0.2) is 81.4 Å². The minimum Gasteiger partial charge on any atom is -0.470 e. The lowest BCUT2D eigenvalue weighted by Gasteiger charge is -2.43. The van der Waals surface area contributed by atoms with Crippen molar-refractivity contribution >= 4 is 11.7 Å². The van der Waals surface area contributed by atoms with Crippen LogP contribution in [0, 0.1) is 6.92 Å². The highest BCUT2D eigenvalue weighted by Gasteiger charge is 2.35. The first-order chi connectivity index (χ1) is 17.0. The molecule has 13 heteroatoms. The van der Waals surface area contributed by atoms with Crippen LogP contribution in [-0.2, 0) is 11.4 Å². The third-order valence-corrected chi connectivity index (χ3v) is 6.06. The van der Waals surface area contributed by atoms with Crippen molar-refractivity contribution in [1.29, 1.82) is 0 Å². The molecule has 4 heterocycles. The van der Waals surface area contributed by atoms with E-state index in [1.54, 1.807) is 29.8 Å². The van der Waals surface area contributed by atoms with Gasteiger partial charge in [0.2, 0.25) is 11.8 Å². The lowest BCUT2D eigenvalue weighted by Crippen LogP contribution is -2.64. The maximum Gasteiger partial charge on any atom is 0.387 e. The fourth-order valence-corrected chi connectivity index (χ4v) is 4.21. The number of alkyl halides is 2. The number of nitrogens with one attached hydrogen (secondary N) is 1. The number of anilines is 1. The quantitative estimate of drug-likeness (QED) is 0.526. The molecule has 0 bridgehead atoms. The molecule has 2 aliphatic heterocycles. The van der Waals surface area contributed by atoms with E-state index in [-0.39, 0.29) is 24.3 Å². The van der Waals surface area contributed by atoms with Crippen molar-refractivity contribution in [2.45, 2.75) is 26.2 Å². The molecule has 2 fully saturated rings. The van der Waals surface area contributed by atoms with E-state index in [9.17, 15) is 13.6 Å². The molecule has 3 aromatic rings. The van der Waals surface area contributed by atoms with Crippen molar-refractivity contribution in [2.24, 2.45) is 0 Å². The Morgan fingerprint density at radius 2 is 1.91 bits per heavy atom. The number of amides is 1. The van der Waals surface area contributed by atoms with Gasteiger partial charge in [0.25, 0.3) is 0 Å². The molecule has 2 aromatic heterocycles. The van der Waals surface area contributed by atoms with Crippen LogP contribution in [0.2, 0.25) is 0 Å². The third kappa shape index (κ3) is 4.99. The topological polar surface area (TPSA) is 111 Å². The van der Waals surface area contributed by atoms with E-state index in [1.165, 1.54) is 12.1 Å². The van der Waals surface area contributed by atoms with Crippen LogP contribution in [0.15, 0.2) is 36.4 Å². The zero-order valence-corrected chi connectivity index (χ0v) is 19.0. The van der Waals surface area contributed by atoms with Crippen molar-refractivity contribution < 1.29 is 23.0 Å². The lowest BCUT2D eigenvalue weighted by atomic mass is 10.1. The standard InChI is InChI=1S/C22H24F2N8O3/c1-14-18(32(29-26-14)15-2-4-16(5-3-15)35-22(23)24)13-34-20-7-6-19(27-28-20)31-11-10-30-9-8-25-21(33)17(30)12-31/h2-7,17,22H,8-13H2,1H3,(H,25,33)/t17-/m0/s1. The number of hydrogen-bond acceptors (Lipinski definition) is 9. The van der Waals surface area contributed by atoms with E-state index in [0.29, 0.717) is 41.9 Å². The SMILES string of the molecule is Cc1nnn(-c2ccc(OC(F)F)cc2)c1COc1ccc(N2CCN3CCNC(=O)[C@@H]3C2)nn1. The molecule has 0 aliphatic carbocycles. The summed E-state index contributed by atoms with van der Waals surface area (Å²) in [6.45, 7) is 2.71. The summed E-state index contributed by atoms with van der Waals surface area (Å²) >= 11 is 0. The first kappa shape index (κ1) is 22.9. The maximum absolute atomic E-state index is 12.4. The number of ether oxygens (including phenoxy) is 2. The molecule has 0 unspecified atom stereocenters. The number of rotatable bonds is 7. The second-order valence-corrected chi connectivity index (χ2v) is 8.21. The fraction of sp³-hybridized carbons (Fsp3) is 0.409. The van der Waals surface area contributed by atoms with E-state index in [2.05, 4.69) is 35.5 Å². The van der Waals surface area contributed by atoms with Gasteiger partial charge in [-0.25, -0.2) is 4.68 Å². The predicted molar refractivity (Wildman–Crippen MR) is 120 cm³/mol. The molecule has 1 amide bonds. The molecular formula is C22H24F2N8O3. The molecule has 2 aliphatic rings. The minimum absolute atomic E-state index is 0.0469. The van der Waals surface area contributed by atoms with Gasteiger partial charge in [-0.05, 0) is 37.3 Å². The predicted octanol–water partition coefficient (Wildman–Crippen LogP) is 1.17. The van der Waals surface area contributed by atoms with Crippen LogP contribution in [0.3, 0.4) is 0 Å². The number of nitrogens with zero attached hydrogens (tertiary/aromatic N) is 7. The van der Waals surface area contributed by atoms with Crippen LogP contribution in [0.1, 0.15) is 11.4 Å². The van der Waals surface area contributed by atoms with Crippen LogP contribution in [0.5, 0.6) is 11.6 Å². The largest absolute Gasteiger partial charge is 0.470 e. The number of aryl methyl sites for hydroxylation is 1. The highest BCUT2D eigenvalue weighted by atomic mass is 19.3. The van der Waals surface area contributed by atoms with Gasteiger partial charge in [-0.3, -0.25) is 9.69 Å². The first-order valence-electron chi connectivity index (χ1n) is 11.2. The molecule has 0 saturated carbocycles. The van der Waals surface area contributed by atoms with E-state index in [4.69, 9.17) is 4.74 Å². The van der Waals surface area contributed by atoms with Crippen molar-refractivity contribution in [2.75, 3.05) is 37.6 Å². The van der Waals surface area contributed by atoms with Crippen molar-refractivity contribution in [3.63, 3.8) is 0 Å². The number of piperazine rings is 2. The summed E-state index contributed by atoms with van der Waals surface area (Å²) in [4.78, 5) is 16.4. The lowest BCUT2D eigenvalue weighted by molar-refractivity contribution is -0.129. The second kappa shape index (κ2) is 9.78. The zero-order chi connectivity index (χ0) is 24.4. The van der Waals surface area contributed by atoms with E-state index >= 15 is 0 Å². The average Bonchev–Trinajstić information content (AvgIpc) is 3.23. The summed E-state index contributed by atoms with van der Waals surface area (Å²) in [7, 11) is 0. The number of aromatic nitrogens is 5. The Morgan fingerprint density at radius 3 is 2.66 bits per heavy atom. The van der Waals surface area contributed by atoms with Gasteiger partial charge >= 0.3 is 6.61 Å². The van der Waals surface area contributed by atoms with Gasteiger partial charge < -0.3 is 19.7 Å². The molecule has 35 heavy (non-hydrogen) atoms.